The van der Waals surface area contributed by atoms with Crippen LogP contribution in [0.2, 0.25) is 0 Å². The molecule has 0 aromatic heterocycles. The Kier molecular flexibility index (Phi) is 5.46. The Morgan fingerprint density at radius 2 is 1.96 bits per heavy atom. The summed E-state index contributed by atoms with van der Waals surface area (Å²) in [5.74, 6) is 1.40. The molecule has 1 aliphatic heterocycles. The smallest absolute Gasteiger partial charge is 0.254 e. The normalized spacial score (nSPS) is 17.5. The first-order chi connectivity index (χ1) is 11.8. The number of nitrogens with zero attached hydrogens (tertiary/aromatic N) is 1. The molecule has 1 heterocycles. The van der Waals surface area contributed by atoms with Crippen molar-refractivity contribution < 1.29 is 14.3 Å². The van der Waals surface area contributed by atoms with Crippen LogP contribution in [0.15, 0.2) is 54.6 Å². The minimum absolute atomic E-state index is 0.00108. The number of ether oxygens (including phenoxy) is 2. The lowest BCUT2D eigenvalue weighted by atomic mass is 10.1. The first-order valence-corrected chi connectivity index (χ1v) is 8.20. The van der Waals surface area contributed by atoms with E-state index in [0.29, 0.717) is 37.6 Å². The van der Waals surface area contributed by atoms with Gasteiger partial charge in [-0.15, -0.1) is 0 Å². The number of carbonyl (C=O) groups is 1. The van der Waals surface area contributed by atoms with Crippen molar-refractivity contribution in [3.05, 3.63) is 60.2 Å². The monoisotopic (exact) mass is 326 g/mol. The van der Waals surface area contributed by atoms with Gasteiger partial charge in [-0.1, -0.05) is 24.3 Å². The maximum atomic E-state index is 12.7. The van der Waals surface area contributed by atoms with Crippen molar-refractivity contribution in [2.45, 2.75) is 12.5 Å². The number of morpholine rings is 1. The molecule has 1 amide bonds. The number of benzene rings is 2. The van der Waals surface area contributed by atoms with Crippen LogP contribution in [-0.2, 0) is 4.74 Å². The molecule has 2 N–H and O–H groups in total. The third-order valence-electron chi connectivity index (χ3n) is 3.97. The van der Waals surface area contributed by atoms with E-state index in [0.717, 1.165) is 12.2 Å². The molecule has 1 aliphatic rings. The quantitative estimate of drug-likeness (QED) is 0.917. The van der Waals surface area contributed by atoms with Crippen LogP contribution in [0.25, 0.3) is 0 Å². The topological polar surface area (TPSA) is 64.8 Å². The molecule has 1 saturated heterocycles. The summed E-state index contributed by atoms with van der Waals surface area (Å²) in [5.41, 5.74) is 6.21. The zero-order valence-electron chi connectivity index (χ0n) is 13.6. The number of amides is 1. The maximum Gasteiger partial charge on any atom is 0.254 e. The van der Waals surface area contributed by atoms with E-state index in [2.05, 4.69) is 0 Å². The van der Waals surface area contributed by atoms with Crippen LogP contribution >= 0.6 is 0 Å². The zero-order valence-corrected chi connectivity index (χ0v) is 13.6. The molecular formula is C19H22N2O3. The fourth-order valence-electron chi connectivity index (χ4n) is 2.76. The first-order valence-electron chi connectivity index (χ1n) is 8.20. The number of rotatable bonds is 5. The predicted octanol–water partition coefficient (Wildman–Crippen LogP) is 2.67. The lowest BCUT2D eigenvalue weighted by molar-refractivity contribution is -0.0236. The van der Waals surface area contributed by atoms with E-state index in [9.17, 15) is 4.79 Å². The Morgan fingerprint density at radius 1 is 1.17 bits per heavy atom. The first kappa shape index (κ1) is 16.5. The number of hydrogen-bond acceptors (Lipinski definition) is 4. The van der Waals surface area contributed by atoms with Crippen molar-refractivity contribution in [1.29, 1.82) is 0 Å². The van der Waals surface area contributed by atoms with Crippen LogP contribution in [0, 0.1) is 0 Å². The maximum absolute atomic E-state index is 12.7. The average Bonchev–Trinajstić information content (AvgIpc) is 2.63. The fourth-order valence-corrected chi connectivity index (χ4v) is 2.76. The molecule has 1 atom stereocenters. The van der Waals surface area contributed by atoms with Crippen molar-refractivity contribution in [2.75, 3.05) is 26.2 Å². The molecule has 126 valence electrons. The molecule has 0 saturated carbocycles. The lowest BCUT2D eigenvalue weighted by Crippen LogP contribution is -2.46. The highest BCUT2D eigenvalue weighted by Gasteiger charge is 2.24. The van der Waals surface area contributed by atoms with Crippen LogP contribution in [0.5, 0.6) is 11.5 Å². The Labute approximate surface area is 142 Å². The van der Waals surface area contributed by atoms with Crippen LogP contribution in [0.1, 0.15) is 16.8 Å². The van der Waals surface area contributed by atoms with Gasteiger partial charge in [0.25, 0.3) is 5.91 Å². The van der Waals surface area contributed by atoms with Crippen LogP contribution in [0.3, 0.4) is 0 Å². The Morgan fingerprint density at radius 3 is 2.75 bits per heavy atom. The summed E-state index contributed by atoms with van der Waals surface area (Å²) in [5, 5.41) is 0. The van der Waals surface area contributed by atoms with Crippen LogP contribution in [0.4, 0.5) is 0 Å². The largest absolute Gasteiger partial charge is 0.457 e. The number of para-hydroxylation sites is 1. The third kappa shape index (κ3) is 4.13. The molecular weight excluding hydrogens is 304 g/mol. The second-order valence-electron chi connectivity index (χ2n) is 5.76. The standard InChI is InChI=1S/C19H22N2O3/c20-10-9-18-14-21(11-12-23-18)19(22)15-5-4-8-17(13-15)24-16-6-2-1-3-7-16/h1-8,13,18H,9-12,14,20H2/t18-/m0/s1. The second kappa shape index (κ2) is 7.95. The number of nitrogens with two attached hydrogens (primary N) is 1. The SMILES string of the molecule is NCC[C@H]1CN(C(=O)c2cccc(Oc3ccccc3)c2)CCO1. The minimum atomic E-state index is -0.00108. The molecule has 0 unspecified atom stereocenters. The van der Waals surface area contributed by atoms with Crippen molar-refractivity contribution in [3.8, 4) is 11.5 Å². The van der Waals surface area contributed by atoms with Crippen LogP contribution in [-0.4, -0.2) is 43.2 Å². The molecule has 24 heavy (non-hydrogen) atoms. The fraction of sp³-hybridized carbons (Fsp3) is 0.316. The van der Waals surface area contributed by atoms with E-state index in [4.69, 9.17) is 15.2 Å². The Hall–Kier alpha value is -2.37. The van der Waals surface area contributed by atoms with Gasteiger partial charge in [-0.05, 0) is 43.3 Å². The zero-order chi connectivity index (χ0) is 16.8. The summed E-state index contributed by atoms with van der Waals surface area (Å²) in [6.07, 6.45) is 0.789. The summed E-state index contributed by atoms with van der Waals surface area (Å²) >= 11 is 0. The highest BCUT2D eigenvalue weighted by atomic mass is 16.5. The summed E-state index contributed by atoms with van der Waals surface area (Å²) < 4.78 is 11.4. The van der Waals surface area contributed by atoms with Crippen molar-refractivity contribution in [2.24, 2.45) is 5.73 Å². The summed E-state index contributed by atoms with van der Waals surface area (Å²) in [6, 6.07) is 16.8. The molecule has 5 heteroatoms. The predicted molar refractivity (Wildman–Crippen MR) is 92.3 cm³/mol. The van der Waals surface area contributed by atoms with Gasteiger partial charge in [0.2, 0.25) is 0 Å². The molecule has 1 fully saturated rings. The van der Waals surface area contributed by atoms with Gasteiger partial charge in [0.05, 0.1) is 12.7 Å². The minimum Gasteiger partial charge on any atom is -0.457 e. The number of carbonyl (C=O) groups excluding carboxylic acids is 1. The van der Waals surface area contributed by atoms with E-state index in [1.54, 1.807) is 6.07 Å². The molecule has 3 rings (SSSR count). The van der Waals surface area contributed by atoms with E-state index in [1.807, 2.05) is 53.4 Å². The summed E-state index contributed by atoms with van der Waals surface area (Å²) in [6.45, 7) is 2.30. The van der Waals surface area contributed by atoms with E-state index in [-0.39, 0.29) is 12.0 Å². The average molecular weight is 326 g/mol. The molecule has 0 radical (unpaired) electrons. The molecule has 5 nitrogen and oxygen atoms in total. The highest BCUT2D eigenvalue weighted by Crippen LogP contribution is 2.23. The number of hydrogen-bond donors (Lipinski definition) is 1. The summed E-state index contributed by atoms with van der Waals surface area (Å²) in [7, 11) is 0. The van der Waals surface area contributed by atoms with Crippen molar-refractivity contribution in [1.82, 2.24) is 4.90 Å². The Balaban J connectivity index is 1.70. The lowest BCUT2D eigenvalue weighted by Gasteiger charge is -2.33. The van der Waals surface area contributed by atoms with Crippen molar-refractivity contribution in [3.63, 3.8) is 0 Å². The van der Waals surface area contributed by atoms with Gasteiger partial charge in [0.1, 0.15) is 11.5 Å². The highest BCUT2D eigenvalue weighted by molar-refractivity contribution is 5.94. The van der Waals surface area contributed by atoms with Gasteiger partial charge in [-0.2, -0.15) is 0 Å². The van der Waals surface area contributed by atoms with Gasteiger partial charge in [-0.3, -0.25) is 4.79 Å². The van der Waals surface area contributed by atoms with Crippen LogP contribution < -0.4 is 10.5 Å². The van der Waals surface area contributed by atoms with Crippen molar-refractivity contribution >= 4 is 5.91 Å². The second-order valence-corrected chi connectivity index (χ2v) is 5.76. The Bertz CT molecular complexity index is 673. The molecule has 0 aliphatic carbocycles. The van der Waals surface area contributed by atoms with E-state index >= 15 is 0 Å². The van der Waals surface area contributed by atoms with E-state index in [1.165, 1.54) is 0 Å². The summed E-state index contributed by atoms with van der Waals surface area (Å²) in [4.78, 5) is 14.6. The molecule has 0 spiro atoms. The van der Waals surface area contributed by atoms with Gasteiger partial charge >= 0.3 is 0 Å². The van der Waals surface area contributed by atoms with Gasteiger partial charge in [0.15, 0.2) is 0 Å². The van der Waals surface area contributed by atoms with Gasteiger partial charge in [0, 0.05) is 18.7 Å². The third-order valence-corrected chi connectivity index (χ3v) is 3.97. The molecule has 2 aromatic carbocycles. The van der Waals surface area contributed by atoms with Gasteiger partial charge in [-0.25, -0.2) is 0 Å². The van der Waals surface area contributed by atoms with Gasteiger partial charge < -0.3 is 20.1 Å². The molecule has 2 aromatic rings. The van der Waals surface area contributed by atoms with E-state index < -0.39 is 0 Å². The molecule has 0 bridgehead atoms.